The molecule has 0 saturated carbocycles. The Labute approximate surface area is 135 Å². The molecule has 2 N–H and O–H groups in total. The SMILES string of the molecule is N#Cc1cccc(N=Nc2c(C(=O)O)[nH]c3ccccc3c2=O)c1. The van der Waals surface area contributed by atoms with Gasteiger partial charge in [-0.3, -0.25) is 4.79 Å². The van der Waals surface area contributed by atoms with Crippen LogP contribution in [0, 0.1) is 11.3 Å². The minimum Gasteiger partial charge on any atom is -0.477 e. The molecule has 0 aliphatic heterocycles. The van der Waals surface area contributed by atoms with E-state index in [0.717, 1.165) is 0 Å². The summed E-state index contributed by atoms with van der Waals surface area (Å²) in [6.07, 6.45) is 0. The van der Waals surface area contributed by atoms with E-state index in [-0.39, 0.29) is 11.4 Å². The Kier molecular flexibility index (Phi) is 3.87. The first kappa shape index (κ1) is 15.1. The van der Waals surface area contributed by atoms with Crippen LogP contribution < -0.4 is 5.43 Å². The maximum Gasteiger partial charge on any atom is 0.354 e. The Morgan fingerprint density at radius 1 is 1.12 bits per heavy atom. The minimum atomic E-state index is -1.31. The van der Waals surface area contributed by atoms with Crippen LogP contribution >= 0.6 is 0 Å². The van der Waals surface area contributed by atoms with Gasteiger partial charge in [-0.1, -0.05) is 18.2 Å². The van der Waals surface area contributed by atoms with E-state index in [1.54, 1.807) is 42.5 Å². The van der Waals surface area contributed by atoms with E-state index in [4.69, 9.17) is 5.26 Å². The van der Waals surface area contributed by atoms with Gasteiger partial charge in [0.15, 0.2) is 11.4 Å². The highest BCUT2D eigenvalue weighted by atomic mass is 16.4. The molecule has 7 heteroatoms. The summed E-state index contributed by atoms with van der Waals surface area (Å²) in [6, 6.07) is 14.8. The fraction of sp³-hybridized carbons (Fsp3) is 0. The van der Waals surface area contributed by atoms with E-state index < -0.39 is 11.4 Å². The Morgan fingerprint density at radius 2 is 1.92 bits per heavy atom. The lowest BCUT2D eigenvalue weighted by atomic mass is 10.1. The fourth-order valence-corrected chi connectivity index (χ4v) is 2.22. The van der Waals surface area contributed by atoms with Gasteiger partial charge >= 0.3 is 5.97 Å². The largest absolute Gasteiger partial charge is 0.477 e. The molecule has 1 aromatic heterocycles. The van der Waals surface area contributed by atoms with Gasteiger partial charge in [-0.15, -0.1) is 5.11 Å². The van der Waals surface area contributed by atoms with Gasteiger partial charge in [-0.05, 0) is 30.3 Å². The van der Waals surface area contributed by atoms with E-state index in [1.165, 1.54) is 6.07 Å². The number of nitriles is 1. The standard InChI is InChI=1S/C17H10N4O3/c18-9-10-4-3-5-11(8-10)20-21-14-15(17(23)24)19-13-7-2-1-6-12(13)16(14)22/h1-8H,(H,19,22)(H,23,24). The Bertz CT molecular complexity index is 1080. The second-order valence-electron chi connectivity index (χ2n) is 4.89. The molecule has 3 aromatic rings. The van der Waals surface area contributed by atoms with Crippen molar-refractivity contribution in [3.05, 3.63) is 70.0 Å². The Hall–Kier alpha value is -3.79. The maximum absolute atomic E-state index is 12.5. The molecule has 2 aromatic carbocycles. The van der Waals surface area contributed by atoms with Crippen LogP contribution in [-0.2, 0) is 0 Å². The number of aromatic nitrogens is 1. The number of aromatic carboxylic acids is 1. The predicted molar refractivity (Wildman–Crippen MR) is 86.9 cm³/mol. The Morgan fingerprint density at radius 3 is 2.67 bits per heavy atom. The van der Waals surface area contributed by atoms with Crippen LogP contribution in [0.3, 0.4) is 0 Å². The molecule has 0 unspecified atom stereocenters. The van der Waals surface area contributed by atoms with Gasteiger partial charge in [-0.2, -0.15) is 10.4 Å². The van der Waals surface area contributed by atoms with Crippen molar-refractivity contribution in [2.24, 2.45) is 10.2 Å². The molecule has 0 amide bonds. The monoisotopic (exact) mass is 318 g/mol. The van der Waals surface area contributed by atoms with Crippen LogP contribution in [0.25, 0.3) is 10.9 Å². The molecule has 0 saturated heterocycles. The van der Waals surface area contributed by atoms with Crippen LogP contribution in [-0.4, -0.2) is 16.1 Å². The zero-order valence-electron chi connectivity index (χ0n) is 12.2. The van der Waals surface area contributed by atoms with Crippen LogP contribution in [0.1, 0.15) is 16.1 Å². The van der Waals surface area contributed by atoms with Crippen molar-refractivity contribution >= 4 is 28.2 Å². The summed E-state index contributed by atoms with van der Waals surface area (Å²) >= 11 is 0. The third-order valence-electron chi connectivity index (χ3n) is 3.34. The number of carbonyl (C=O) groups is 1. The van der Waals surface area contributed by atoms with E-state index in [2.05, 4.69) is 15.2 Å². The van der Waals surface area contributed by atoms with Crippen molar-refractivity contribution in [2.45, 2.75) is 0 Å². The number of hydrogen-bond donors (Lipinski definition) is 2. The Balaban J connectivity index is 2.17. The first-order valence-corrected chi connectivity index (χ1v) is 6.90. The number of nitrogens with one attached hydrogen (secondary N) is 1. The van der Waals surface area contributed by atoms with Crippen molar-refractivity contribution in [1.82, 2.24) is 4.98 Å². The lowest BCUT2D eigenvalue weighted by Crippen LogP contribution is -2.11. The maximum atomic E-state index is 12.5. The summed E-state index contributed by atoms with van der Waals surface area (Å²) in [7, 11) is 0. The molecule has 7 nitrogen and oxygen atoms in total. The van der Waals surface area contributed by atoms with E-state index in [9.17, 15) is 14.7 Å². The topological polar surface area (TPSA) is 119 Å². The smallest absolute Gasteiger partial charge is 0.354 e. The van der Waals surface area contributed by atoms with Crippen LogP contribution in [0.5, 0.6) is 0 Å². The first-order chi connectivity index (χ1) is 11.6. The zero-order chi connectivity index (χ0) is 17.1. The quantitative estimate of drug-likeness (QED) is 0.718. The molecular weight excluding hydrogens is 308 g/mol. The molecule has 0 fully saturated rings. The van der Waals surface area contributed by atoms with Crippen molar-refractivity contribution in [2.75, 3.05) is 0 Å². The summed E-state index contributed by atoms with van der Waals surface area (Å²) in [5, 5.41) is 26.2. The summed E-state index contributed by atoms with van der Waals surface area (Å²) in [6.45, 7) is 0. The molecule has 0 atom stereocenters. The van der Waals surface area contributed by atoms with Gasteiger partial charge in [0.1, 0.15) is 0 Å². The molecule has 0 aliphatic rings. The number of fused-ring (bicyclic) bond motifs is 1. The van der Waals surface area contributed by atoms with Gasteiger partial charge in [0.25, 0.3) is 0 Å². The lowest BCUT2D eigenvalue weighted by Gasteiger charge is -2.03. The van der Waals surface area contributed by atoms with Gasteiger partial charge in [-0.25, -0.2) is 4.79 Å². The van der Waals surface area contributed by atoms with Crippen molar-refractivity contribution in [1.29, 1.82) is 5.26 Å². The molecule has 0 radical (unpaired) electrons. The molecule has 24 heavy (non-hydrogen) atoms. The van der Waals surface area contributed by atoms with E-state index in [0.29, 0.717) is 22.2 Å². The molecule has 3 rings (SSSR count). The molecule has 0 bridgehead atoms. The van der Waals surface area contributed by atoms with Crippen molar-refractivity contribution in [3.8, 4) is 6.07 Å². The summed E-state index contributed by atoms with van der Waals surface area (Å²) in [5.74, 6) is -1.31. The molecule has 0 spiro atoms. The van der Waals surface area contributed by atoms with Gasteiger partial charge in [0.2, 0.25) is 5.43 Å². The molecule has 0 aliphatic carbocycles. The zero-order valence-corrected chi connectivity index (χ0v) is 12.2. The number of pyridine rings is 1. The van der Waals surface area contributed by atoms with Gasteiger partial charge in [0.05, 0.1) is 22.8 Å². The number of carboxylic acid groups (broad SMARTS) is 1. The van der Waals surface area contributed by atoms with Crippen molar-refractivity contribution in [3.63, 3.8) is 0 Å². The van der Waals surface area contributed by atoms with E-state index >= 15 is 0 Å². The number of benzene rings is 2. The predicted octanol–water partition coefficient (Wildman–Crippen LogP) is 3.51. The second kappa shape index (κ2) is 6.14. The second-order valence-corrected chi connectivity index (χ2v) is 4.89. The van der Waals surface area contributed by atoms with Crippen LogP contribution in [0.15, 0.2) is 63.6 Å². The summed E-state index contributed by atoms with van der Waals surface area (Å²) < 4.78 is 0. The normalized spacial score (nSPS) is 10.8. The highest BCUT2D eigenvalue weighted by Crippen LogP contribution is 2.21. The number of carboxylic acids is 1. The fourth-order valence-electron chi connectivity index (χ4n) is 2.22. The van der Waals surface area contributed by atoms with Crippen molar-refractivity contribution < 1.29 is 9.90 Å². The van der Waals surface area contributed by atoms with E-state index in [1.807, 2.05) is 6.07 Å². The number of azo groups is 1. The minimum absolute atomic E-state index is 0.288. The average Bonchev–Trinajstić information content (AvgIpc) is 2.61. The third-order valence-corrected chi connectivity index (χ3v) is 3.34. The van der Waals surface area contributed by atoms with Crippen LogP contribution in [0.2, 0.25) is 0 Å². The number of rotatable bonds is 3. The van der Waals surface area contributed by atoms with Crippen LogP contribution in [0.4, 0.5) is 11.4 Å². The van der Waals surface area contributed by atoms with Gasteiger partial charge < -0.3 is 10.1 Å². The number of hydrogen-bond acceptors (Lipinski definition) is 5. The first-order valence-electron chi connectivity index (χ1n) is 6.90. The summed E-state index contributed by atoms with van der Waals surface area (Å²) in [5.41, 5.74) is -0.00927. The third kappa shape index (κ3) is 2.76. The number of nitrogens with zero attached hydrogens (tertiary/aromatic N) is 3. The highest BCUT2D eigenvalue weighted by Gasteiger charge is 2.17. The summed E-state index contributed by atoms with van der Waals surface area (Å²) in [4.78, 5) is 26.6. The molecular formula is C17H10N4O3. The highest BCUT2D eigenvalue weighted by molar-refractivity contribution is 5.95. The van der Waals surface area contributed by atoms with Gasteiger partial charge in [0, 0.05) is 5.39 Å². The average molecular weight is 318 g/mol. The molecule has 116 valence electrons. The number of H-pyrrole nitrogens is 1. The lowest BCUT2D eigenvalue weighted by molar-refractivity contribution is 0.0692. The number of para-hydroxylation sites is 1. The number of aromatic amines is 1. The molecule has 1 heterocycles.